The van der Waals surface area contributed by atoms with Crippen LogP contribution in [0.2, 0.25) is 10.0 Å². The largest absolute Gasteiger partial charge is 0.360 e. The summed E-state index contributed by atoms with van der Waals surface area (Å²) in [5.41, 5.74) is 1.28. The number of nitrogens with zero attached hydrogens (tertiary/aromatic N) is 2. The summed E-state index contributed by atoms with van der Waals surface area (Å²) in [5.74, 6) is 0.566. The van der Waals surface area contributed by atoms with Crippen LogP contribution in [0.4, 0.5) is 5.69 Å². The van der Waals surface area contributed by atoms with Crippen molar-refractivity contribution in [2.45, 2.75) is 37.1 Å². The van der Waals surface area contributed by atoms with Crippen molar-refractivity contribution in [3.63, 3.8) is 0 Å². The van der Waals surface area contributed by atoms with Crippen LogP contribution >= 0.6 is 53.3 Å². The summed E-state index contributed by atoms with van der Waals surface area (Å²) in [6.45, 7) is 5.09. The van der Waals surface area contributed by atoms with E-state index in [9.17, 15) is 9.59 Å². The van der Waals surface area contributed by atoms with Gasteiger partial charge in [-0.3, -0.25) is 14.5 Å². The Morgan fingerprint density at radius 1 is 1.16 bits per heavy atom. The zero-order valence-electron chi connectivity index (χ0n) is 20.4. The first-order valence-corrected chi connectivity index (χ1v) is 16.8. The van der Waals surface area contributed by atoms with Gasteiger partial charge in [-0.15, -0.1) is 6.58 Å². The van der Waals surface area contributed by atoms with Crippen molar-refractivity contribution in [3.05, 3.63) is 76.3 Å². The molecule has 5 rings (SSSR count). The zero-order valence-corrected chi connectivity index (χ0v) is 24.9. The van der Waals surface area contributed by atoms with Crippen molar-refractivity contribution in [1.82, 2.24) is 4.90 Å². The Bertz CT molecular complexity index is 1210. The van der Waals surface area contributed by atoms with Crippen LogP contribution in [0, 0.1) is 11.8 Å². The summed E-state index contributed by atoms with van der Waals surface area (Å²) in [6, 6.07) is 13.3. The molecular formula is C28H29Cl2IN2O3S. The molecule has 0 bridgehead atoms. The van der Waals surface area contributed by atoms with Crippen molar-refractivity contribution >= 4 is 70.8 Å². The normalized spacial score (nSPS) is 25.2. The molecule has 2 amide bonds. The monoisotopic (exact) mass is 670 g/mol. The number of hydrogen-bond donors (Lipinski definition) is 0. The zero-order chi connectivity index (χ0) is 26.2. The Morgan fingerprint density at radius 3 is 2.65 bits per heavy atom. The Labute approximate surface area is 244 Å². The summed E-state index contributed by atoms with van der Waals surface area (Å²) in [4.78, 5) is 32.5. The quantitative estimate of drug-likeness (QED) is 0.152. The van der Waals surface area contributed by atoms with Gasteiger partial charge < -0.3 is 9.64 Å². The highest BCUT2D eigenvalue weighted by Gasteiger charge is 2.64. The van der Waals surface area contributed by atoms with Gasteiger partial charge in [0.05, 0.1) is 12.3 Å². The number of ether oxygens (including phenoxy) is 1. The molecule has 0 aromatic heterocycles. The predicted molar refractivity (Wildman–Crippen MR) is 159 cm³/mol. The summed E-state index contributed by atoms with van der Waals surface area (Å²) >= 11 is 15.2. The number of amides is 2. The average Bonchev–Trinajstić information content (AvgIpc) is 3.67. The van der Waals surface area contributed by atoms with E-state index in [0.717, 1.165) is 29.7 Å². The fourth-order valence-corrected chi connectivity index (χ4v) is 6.97. The van der Waals surface area contributed by atoms with Gasteiger partial charge in [-0.05, 0) is 82.6 Å². The molecule has 196 valence electrons. The highest BCUT2D eigenvalue weighted by molar-refractivity contribution is 14.2. The maximum absolute atomic E-state index is 14.8. The van der Waals surface area contributed by atoms with Crippen molar-refractivity contribution in [1.29, 1.82) is 0 Å². The summed E-state index contributed by atoms with van der Waals surface area (Å²) in [5, 5.41) is 1.15. The Kier molecular flexibility index (Phi) is 8.46. The van der Waals surface area contributed by atoms with Crippen LogP contribution in [0.15, 0.2) is 55.1 Å². The molecule has 3 aliphatic rings. The molecule has 1 spiro atoms. The number of hydrogen-bond acceptors (Lipinski definition) is 4. The van der Waals surface area contributed by atoms with Gasteiger partial charge in [-0.2, -0.15) is 0 Å². The van der Waals surface area contributed by atoms with Crippen LogP contribution in [0.5, 0.6) is 0 Å². The number of rotatable bonds is 10. The van der Waals surface area contributed by atoms with Crippen LogP contribution in [0.1, 0.15) is 42.7 Å². The topological polar surface area (TPSA) is 49.9 Å². The van der Waals surface area contributed by atoms with Gasteiger partial charge >= 0.3 is 0 Å². The number of carbonyl (C=O) groups excluding carboxylic acids is 2. The van der Waals surface area contributed by atoms with Crippen LogP contribution in [-0.2, 0) is 19.9 Å². The van der Waals surface area contributed by atoms with Crippen molar-refractivity contribution in [3.8, 4) is 0 Å². The lowest BCUT2D eigenvalue weighted by Gasteiger charge is -2.51. The van der Waals surface area contributed by atoms with E-state index in [2.05, 4.69) is 27.8 Å². The lowest BCUT2D eigenvalue weighted by molar-refractivity contribution is -0.159. The lowest BCUT2D eigenvalue weighted by atomic mass is 9.66. The lowest BCUT2D eigenvalue weighted by Crippen LogP contribution is -2.63. The van der Waals surface area contributed by atoms with Gasteiger partial charge in [-0.1, -0.05) is 56.4 Å². The molecule has 5 nitrogen and oxygen atoms in total. The van der Waals surface area contributed by atoms with Gasteiger partial charge in [-0.25, -0.2) is 0 Å². The molecular weight excluding hydrogens is 642 g/mol. The van der Waals surface area contributed by atoms with Crippen LogP contribution in [-0.4, -0.2) is 42.3 Å². The number of benzene rings is 2. The molecule has 1 saturated carbocycles. The Balaban J connectivity index is 1.70. The first-order valence-electron chi connectivity index (χ1n) is 12.5. The third-order valence-corrected chi connectivity index (χ3v) is 9.78. The molecule has 37 heavy (non-hydrogen) atoms. The summed E-state index contributed by atoms with van der Waals surface area (Å²) < 4.78 is 5.93. The van der Waals surface area contributed by atoms with E-state index in [4.69, 9.17) is 27.9 Å². The van der Waals surface area contributed by atoms with Crippen molar-refractivity contribution in [2.24, 2.45) is 11.8 Å². The number of fused-ring (bicyclic) bond motifs is 2. The highest BCUT2D eigenvalue weighted by Crippen LogP contribution is 2.58. The molecule has 2 aromatic carbocycles. The minimum absolute atomic E-state index is 0.0170. The maximum Gasteiger partial charge on any atom is 0.260 e. The van der Waals surface area contributed by atoms with E-state index in [0.29, 0.717) is 47.6 Å². The highest BCUT2D eigenvalue weighted by atomic mass is 127. The summed E-state index contributed by atoms with van der Waals surface area (Å²) in [6.07, 6.45) is 5.03. The molecule has 1 aliphatic carbocycles. The number of anilines is 1. The first-order chi connectivity index (χ1) is 17.9. The minimum atomic E-state index is -1.19. The molecule has 9 heteroatoms. The summed E-state index contributed by atoms with van der Waals surface area (Å²) in [7, 11) is 1.66. The minimum Gasteiger partial charge on any atom is -0.360 e. The van der Waals surface area contributed by atoms with Gasteiger partial charge in [0, 0.05) is 39.7 Å². The van der Waals surface area contributed by atoms with E-state index in [1.807, 2.05) is 47.4 Å². The molecule has 3 atom stereocenters. The smallest absolute Gasteiger partial charge is 0.260 e. The second-order valence-corrected chi connectivity index (χ2v) is 13.3. The van der Waals surface area contributed by atoms with Crippen molar-refractivity contribution in [2.75, 3.05) is 30.5 Å². The standard InChI is InChI=1S/C28H29Cl2IN2O3S/c1-2-4-20-14-24(19-5-3-6-21(29)13-19)28(33(26(20)34)16-18-7-8-18)23-10-9-22(30)15-25(23)32(27(28)35)17-36-11-12-37-31/h2-3,5-6,9-10,13,15,18,20,24H,1,4,7-8,11-12,14,16-17H2/t20-,24+,28+/m0/s1. The van der Waals surface area contributed by atoms with E-state index >= 15 is 0 Å². The van der Waals surface area contributed by atoms with E-state index in [1.165, 1.54) is 0 Å². The molecule has 2 fully saturated rings. The molecule has 0 unspecified atom stereocenters. The van der Waals surface area contributed by atoms with Gasteiger partial charge in [0.15, 0.2) is 5.54 Å². The van der Waals surface area contributed by atoms with Gasteiger partial charge in [0.1, 0.15) is 6.73 Å². The second-order valence-electron chi connectivity index (χ2n) is 9.97. The molecule has 2 aromatic rings. The van der Waals surface area contributed by atoms with Crippen LogP contribution < -0.4 is 4.90 Å². The molecule has 0 N–H and O–H groups in total. The molecule has 1 saturated heterocycles. The Hall–Kier alpha value is -1.26. The number of halogens is 3. The average molecular weight is 671 g/mol. The Morgan fingerprint density at radius 2 is 1.95 bits per heavy atom. The molecule has 0 radical (unpaired) electrons. The fraction of sp³-hybridized carbons (Fsp3) is 0.429. The van der Waals surface area contributed by atoms with E-state index < -0.39 is 5.54 Å². The number of likely N-dealkylation sites (tertiary alicyclic amines) is 1. The van der Waals surface area contributed by atoms with Crippen molar-refractivity contribution < 1.29 is 14.3 Å². The first kappa shape index (κ1) is 27.3. The maximum atomic E-state index is 14.8. The van der Waals surface area contributed by atoms with E-state index in [-0.39, 0.29) is 30.4 Å². The number of carbonyl (C=O) groups is 2. The third-order valence-electron chi connectivity index (χ3n) is 7.66. The second kappa shape index (κ2) is 11.5. The van der Waals surface area contributed by atoms with Gasteiger partial charge in [0.2, 0.25) is 5.91 Å². The number of piperidine rings is 1. The number of allylic oxidation sites excluding steroid dienone is 1. The molecule has 2 aliphatic heterocycles. The van der Waals surface area contributed by atoms with Crippen LogP contribution in [0.25, 0.3) is 0 Å². The van der Waals surface area contributed by atoms with Gasteiger partial charge in [0.25, 0.3) is 5.91 Å². The SMILES string of the molecule is C=CC[C@H]1C[C@H](c2cccc(Cl)c2)[C@]2(C(=O)N(COCCSI)c3cc(Cl)ccc32)N(CC2CC2)C1=O. The predicted octanol–water partition coefficient (Wildman–Crippen LogP) is 7.21. The third kappa shape index (κ3) is 5.07. The fourth-order valence-electron chi connectivity index (χ4n) is 5.88. The van der Waals surface area contributed by atoms with Crippen LogP contribution in [0.3, 0.4) is 0 Å². The van der Waals surface area contributed by atoms with E-state index in [1.54, 1.807) is 19.9 Å². The molecule has 2 heterocycles.